The summed E-state index contributed by atoms with van der Waals surface area (Å²) in [5.74, 6) is -0.337. The fraction of sp³-hybridized carbons (Fsp3) is 0.867. The first-order chi connectivity index (χ1) is 9.47. The van der Waals surface area contributed by atoms with Crippen LogP contribution in [-0.4, -0.2) is 35.6 Å². The Kier molecular flexibility index (Phi) is 4.68. The highest BCUT2D eigenvalue weighted by Gasteiger charge is 2.42. The molecule has 0 heterocycles. The predicted molar refractivity (Wildman–Crippen MR) is 75.9 cm³/mol. The molecule has 2 amide bonds. The zero-order valence-corrected chi connectivity index (χ0v) is 12.4. The molecule has 2 atom stereocenters. The molecule has 20 heavy (non-hydrogen) atoms. The summed E-state index contributed by atoms with van der Waals surface area (Å²) in [6.45, 7) is 4.34. The van der Waals surface area contributed by atoms with E-state index in [9.17, 15) is 14.7 Å². The van der Waals surface area contributed by atoms with Crippen molar-refractivity contribution in [1.82, 2.24) is 10.6 Å². The van der Waals surface area contributed by atoms with Crippen LogP contribution >= 0.6 is 0 Å². The van der Waals surface area contributed by atoms with E-state index in [1.54, 1.807) is 0 Å². The number of hydrogen-bond donors (Lipinski definition) is 3. The monoisotopic (exact) mass is 282 g/mol. The summed E-state index contributed by atoms with van der Waals surface area (Å²) in [4.78, 5) is 23.9. The Hall–Kier alpha value is -1.10. The topological polar surface area (TPSA) is 78.4 Å². The molecule has 114 valence electrons. The SMILES string of the molecule is CCCC1(CNC(=O)C(NC(=O)C2CC2)C(C)O)CC1. The van der Waals surface area contributed by atoms with Crippen molar-refractivity contribution < 1.29 is 14.7 Å². The Morgan fingerprint density at radius 1 is 1.35 bits per heavy atom. The van der Waals surface area contributed by atoms with Crippen LogP contribution in [0, 0.1) is 11.3 Å². The fourth-order valence-electron chi connectivity index (χ4n) is 2.63. The zero-order valence-electron chi connectivity index (χ0n) is 12.4. The van der Waals surface area contributed by atoms with Crippen molar-refractivity contribution in [3.63, 3.8) is 0 Å². The number of aliphatic hydroxyl groups excluding tert-OH is 1. The van der Waals surface area contributed by atoms with Crippen molar-refractivity contribution in [2.24, 2.45) is 11.3 Å². The maximum Gasteiger partial charge on any atom is 0.245 e. The Morgan fingerprint density at radius 2 is 2.00 bits per heavy atom. The molecule has 2 fully saturated rings. The summed E-state index contributed by atoms with van der Waals surface area (Å²) in [6.07, 6.45) is 5.47. The van der Waals surface area contributed by atoms with Crippen molar-refractivity contribution >= 4 is 11.8 Å². The van der Waals surface area contributed by atoms with Crippen LogP contribution in [0.5, 0.6) is 0 Å². The second-order valence-electron chi connectivity index (χ2n) is 6.47. The van der Waals surface area contributed by atoms with Gasteiger partial charge in [0.25, 0.3) is 0 Å². The van der Waals surface area contributed by atoms with E-state index in [2.05, 4.69) is 17.6 Å². The summed E-state index contributed by atoms with van der Waals surface area (Å²) in [6, 6.07) is -0.833. The van der Waals surface area contributed by atoms with Gasteiger partial charge in [-0.25, -0.2) is 0 Å². The number of amides is 2. The number of carbonyl (C=O) groups is 2. The van der Waals surface area contributed by atoms with Gasteiger partial charge in [0.1, 0.15) is 6.04 Å². The fourth-order valence-corrected chi connectivity index (χ4v) is 2.63. The normalized spacial score (nSPS) is 22.8. The first-order valence-corrected chi connectivity index (χ1v) is 7.73. The summed E-state index contributed by atoms with van der Waals surface area (Å²) in [5.41, 5.74) is 0.272. The highest BCUT2D eigenvalue weighted by Crippen LogP contribution is 2.48. The second kappa shape index (κ2) is 6.12. The molecule has 3 N–H and O–H groups in total. The van der Waals surface area contributed by atoms with Crippen LogP contribution < -0.4 is 10.6 Å². The zero-order chi connectivity index (χ0) is 14.8. The Bertz CT molecular complexity index is 373. The number of carbonyl (C=O) groups excluding carboxylic acids is 2. The van der Waals surface area contributed by atoms with E-state index in [1.807, 2.05) is 0 Å². The smallest absolute Gasteiger partial charge is 0.245 e. The van der Waals surface area contributed by atoms with E-state index in [0.717, 1.165) is 38.5 Å². The predicted octanol–water partition coefficient (Wildman–Crippen LogP) is 0.958. The molecule has 2 unspecified atom stereocenters. The minimum Gasteiger partial charge on any atom is -0.391 e. The molecule has 2 rings (SSSR count). The maximum atomic E-state index is 12.2. The van der Waals surface area contributed by atoms with Crippen molar-refractivity contribution in [2.45, 2.75) is 64.5 Å². The van der Waals surface area contributed by atoms with Crippen molar-refractivity contribution in [1.29, 1.82) is 0 Å². The van der Waals surface area contributed by atoms with Gasteiger partial charge in [-0.15, -0.1) is 0 Å². The molecular formula is C15H26N2O3. The van der Waals surface area contributed by atoms with Gasteiger partial charge in [0, 0.05) is 12.5 Å². The highest BCUT2D eigenvalue weighted by molar-refractivity contribution is 5.89. The van der Waals surface area contributed by atoms with Gasteiger partial charge in [-0.2, -0.15) is 0 Å². The van der Waals surface area contributed by atoms with E-state index in [-0.39, 0.29) is 23.1 Å². The van der Waals surface area contributed by atoms with Crippen LogP contribution in [0.4, 0.5) is 0 Å². The van der Waals surface area contributed by atoms with Crippen molar-refractivity contribution in [2.75, 3.05) is 6.54 Å². The van der Waals surface area contributed by atoms with Gasteiger partial charge >= 0.3 is 0 Å². The summed E-state index contributed by atoms with van der Waals surface area (Å²) >= 11 is 0. The molecule has 0 saturated heterocycles. The minimum absolute atomic E-state index is 0.0407. The molecule has 2 aliphatic rings. The van der Waals surface area contributed by atoms with Crippen LogP contribution in [0.2, 0.25) is 0 Å². The lowest BCUT2D eigenvalue weighted by atomic mass is 10.0. The Morgan fingerprint density at radius 3 is 2.45 bits per heavy atom. The Labute approximate surface area is 120 Å². The largest absolute Gasteiger partial charge is 0.391 e. The van der Waals surface area contributed by atoms with Crippen LogP contribution in [0.15, 0.2) is 0 Å². The van der Waals surface area contributed by atoms with E-state index in [0.29, 0.717) is 6.54 Å². The molecule has 5 nitrogen and oxygen atoms in total. The van der Waals surface area contributed by atoms with Crippen molar-refractivity contribution in [3.8, 4) is 0 Å². The molecule has 0 radical (unpaired) electrons. The third-order valence-corrected chi connectivity index (χ3v) is 4.39. The average Bonchev–Trinajstić information content (AvgIpc) is 3.26. The van der Waals surface area contributed by atoms with Gasteiger partial charge in [-0.1, -0.05) is 13.3 Å². The van der Waals surface area contributed by atoms with Crippen LogP contribution in [0.25, 0.3) is 0 Å². The molecule has 0 aliphatic heterocycles. The standard InChI is InChI=1S/C15H26N2O3/c1-3-6-15(7-8-15)9-16-14(20)12(10(2)18)17-13(19)11-4-5-11/h10-12,18H,3-9H2,1-2H3,(H,16,20)(H,17,19). The average molecular weight is 282 g/mol. The van der Waals surface area contributed by atoms with Crippen LogP contribution in [0.1, 0.15) is 52.4 Å². The Balaban J connectivity index is 1.82. The number of aliphatic hydroxyl groups is 1. The third-order valence-electron chi connectivity index (χ3n) is 4.39. The summed E-state index contributed by atoms with van der Waals surface area (Å²) in [5, 5.41) is 15.3. The molecule has 2 saturated carbocycles. The third kappa shape index (κ3) is 3.95. The van der Waals surface area contributed by atoms with Crippen LogP contribution in [0.3, 0.4) is 0 Å². The highest BCUT2D eigenvalue weighted by atomic mass is 16.3. The number of nitrogens with one attached hydrogen (secondary N) is 2. The molecule has 0 bridgehead atoms. The molecule has 0 aromatic carbocycles. The molecule has 0 aromatic rings. The lowest BCUT2D eigenvalue weighted by Crippen LogP contribution is -2.53. The maximum absolute atomic E-state index is 12.2. The van der Waals surface area contributed by atoms with Gasteiger partial charge in [0.2, 0.25) is 11.8 Å². The second-order valence-corrected chi connectivity index (χ2v) is 6.47. The summed E-state index contributed by atoms with van der Waals surface area (Å²) < 4.78 is 0. The van der Waals surface area contributed by atoms with Crippen molar-refractivity contribution in [3.05, 3.63) is 0 Å². The van der Waals surface area contributed by atoms with E-state index < -0.39 is 12.1 Å². The van der Waals surface area contributed by atoms with Gasteiger partial charge in [-0.3, -0.25) is 9.59 Å². The van der Waals surface area contributed by atoms with Gasteiger partial charge < -0.3 is 15.7 Å². The number of hydrogen-bond acceptors (Lipinski definition) is 3. The first-order valence-electron chi connectivity index (χ1n) is 7.73. The van der Waals surface area contributed by atoms with E-state index in [4.69, 9.17) is 0 Å². The summed E-state index contributed by atoms with van der Waals surface area (Å²) in [7, 11) is 0. The lowest BCUT2D eigenvalue weighted by Gasteiger charge is -2.23. The molecular weight excluding hydrogens is 256 g/mol. The molecule has 5 heteroatoms. The van der Waals surface area contributed by atoms with Crippen LogP contribution in [-0.2, 0) is 9.59 Å². The first kappa shape index (κ1) is 15.3. The molecule has 2 aliphatic carbocycles. The van der Waals surface area contributed by atoms with Gasteiger partial charge in [0.15, 0.2) is 0 Å². The quantitative estimate of drug-likeness (QED) is 0.620. The van der Waals surface area contributed by atoms with E-state index >= 15 is 0 Å². The molecule has 0 aromatic heterocycles. The van der Waals surface area contributed by atoms with Gasteiger partial charge in [0.05, 0.1) is 6.10 Å². The van der Waals surface area contributed by atoms with E-state index in [1.165, 1.54) is 6.92 Å². The molecule has 0 spiro atoms. The lowest BCUT2D eigenvalue weighted by molar-refractivity contribution is -0.132. The minimum atomic E-state index is -0.876. The van der Waals surface area contributed by atoms with Gasteiger partial charge in [-0.05, 0) is 44.4 Å². The number of rotatable bonds is 8.